The lowest BCUT2D eigenvalue weighted by Gasteiger charge is -2.15. The van der Waals surface area contributed by atoms with E-state index in [0.717, 1.165) is 11.4 Å². The Kier molecular flexibility index (Phi) is 5.74. The summed E-state index contributed by atoms with van der Waals surface area (Å²) >= 11 is 0. The van der Waals surface area contributed by atoms with Gasteiger partial charge in [0.2, 0.25) is 0 Å². The van der Waals surface area contributed by atoms with Gasteiger partial charge in [0.1, 0.15) is 11.6 Å². The molecule has 2 N–H and O–H groups in total. The Morgan fingerprint density at radius 2 is 2.09 bits per heavy atom. The van der Waals surface area contributed by atoms with Crippen LogP contribution in [0.4, 0.5) is 11.5 Å². The Labute approximate surface area is 136 Å². The summed E-state index contributed by atoms with van der Waals surface area (Å²) in [6.07, 6.45) is 3.25. The van der Waals surface area contributed by atoms with E-state index in [-0.39, 0.29) is 12.0 Å². The number of hydrogen-bond acceptors (Lipinski definition) is 4. The van der Waals surface area contributed by atoms with Gasteiger partial charge in [0.25, 0.3) is 5.91 Å². The van der Waals surface area contributed by atoms with Crippen molar-refractivity contribution in [3.63, 3.8) is 0 Å². The molecule has 1 aromatic carbocycles. The van der Waals surface area contributed by atoms with Crippen LogP contribution < -0.4 is 15.4 Å². The third-order valence-electron chi connectivity index (χ3n) is 2.95. The van der Waals surface area contributed by atoms with Crippen LogP contribution in [0.1, 0.15) is 24.2 Å². The number of carbonyl (C=O) groups is 1. The zero-order chi connectivity index (χ0) is 16.7. The highest BCUT2D eigenvalue weighted by Gasteiger charge is 2.08. The van der Waals surface area contributed by atoms with Gasteiger partial charge in [-0.05, 0) is 38.1 Å². The van der Waals surface area contributed by atoms with Crippen LogP contribution in [0.3, 0.4) is 0 Å². The highest BCUT2D eigenvalue weighted by Crippen LogP contribution is 2.27. The second-order valence-electron chi connectivity index (χ2n) is 5.22. The van der Waals surface area contributed by atoms with Gasteiger partial charge < -0.3 is 15.4 Å². The van der Waals surface area contributed by atoms with Crippen molar-refractivity contribution in [2.24, 2.45) is 0 Å². The molecule has 2 aromatic rings. The van der Waals surface area contributed by atoms with Crippen LogP contribution in [-0.2, 0) is 0 Å². The average Bonchev–Trinajstić information content (AvgIpc) is 2.54. The second kappa shape index (κ2) is 7.98. The minimum Gasteiger partial charge on any atom is -0.489 e. The molecule has 1 heterocycles. The average molecular weight is 311 g/mol. The number of hydrogen-bond donors (Lipinski definition) is 2. The normalized spacial score (nSPS) is 10.2. The van der Waals surface area contributed by atoms with Gasteiger partial charge in [0.15, 0.2) is 0 Å². The van der Waals surface area contributed by atoms with Crippen LogP contribution in [0.15, 0.2) is 55.3 Å². The van der Waals surface area contributed by atoms with Crippen LogP contribution in [0, 0.1) is 0 Å². The minimum atomic E-state index is -0.174. The molecule has 0 saturated heterocycles. The predicted molar refractivity (Wildman–Crippen MR) is 92.3 cm³/mol. The van der Waals surface area contributed by atoms with Crippen molar-refractivity contribution in [3.05, 3.63) is 60.8 Å². The van der Waals surface area contributed by atoms with Gasteiger partial charge in [-0.25, -0.2) is 4.98 Å². The summed E-state index contributed by atoms with van der Waals surface area (Å²) in [5, 5.41) is 5.91. The number of nitrogens with zero attached hydrogens (tertiary/aromatic N) is 1. The molecule has 2 rings (SSSR count). The van der Waals surface area contributed by atoms with Gasteiger partial charge in [0.05, 0.1) is 17.4 Å². The molecule has 0 aliphatic carbocycles. The van der Waals surface area contributed by atoms with Crippen LogP contribution in [0.5, 0.6) is 5.75 Å². The Morgan fingerprint density at radius 3 is 2.74 bits per heavy atom. The Morgan fingerprint density at radius 1 is 1.30 bits per heavy atom. The third kappa shape index (κ3) is 4.85. The first-order valence-corrected chi connectivity index (χ1v) is 7.48. The number of aromatic nitrogens is 1. The van der Waals surface area contributed by atoms with E-state index < -0.39 is 0 Å². The molecule has 1 amide bonds. The fraction of sp³-hybridized carbons (Fsp3) is 0.222. The molecule has 0 bridgehead atoms. The van der Waals surface area contributed by atoms with E-state index in [1.54, 1.807) is 18.2 Å². The molecule has 5 heteroatoms. The second-order valence-corrected chi connectivity index (χ2v) is 5.22. The summed E-state index contributed by atoms with van der Waals surface area (Å²) < 4.78 is 5.76. The lowest BCUT2D eigenvalue weighted by molar-refractivity contribution is 0.0957. The summed E-state index contributed by atoms with van der Waals surface area (Å²) in [7, 11) is 0. The number of amides is 1. The van der Waals surface area contributed by atoms with E-state index in [1.807, 2.05) is 38.1 Å². The smallest absolute Gasteiger partial charge is 0.253 e. The first-order chi connectivity index (χ1) is 11.1. The number of pyridine rings is 1. The molecule has 120 valence electrons. The summed E-state index contributed by atoms with van der Waals surface area (Å²) in [4.78, 5) is 16.1. The molecule has 23 heavy (non-hydrogen) atoms. The molecule has 1 aromatic heterocycles. The van der Waals surface area contributed by atoms with Crippen molar-refractivity contribution in [2.45, 2.75) is 20.0 Å². The van der Waals surface area contributed by atoms with Gasteiger partial charge >= 0.3 is 0 Å². The fourth-order valence-electron chi connectivity index (χ4n) is 1.93. The van der Waals surface area contributed by atoms with Crippen molar-refractivity contribution in [3.8, 4) is 5.75 Å². The van der Waals surface area contributed by atoms with E-state index in [2.05, 4.69) is 22.2 Å². The largest absolute Gasteiger partial charge is 0.489 e. The zero-order valence-corrected chi connectivity index (χ0v) is 13.4. The van der Waals surface area contributed by atoms with Gasteiger partial charge in [-0.2, -0.15) is 0 Å². The molecule has 0 unspecified atom stereocenters. The minimum absolute atomic E-state index is 0.0850. The maximum Gasteiger partial charge on any atom is 0.253 e. The monoisotopic (exact) mass is 311 g/mol. The lowest BCUT2D eigenvalue weighted by Crippen LogP contribution is -2.23. The number of benzene rings is 1. The molecule has 0 atom stereocenters. The lowest BCUT2D eigenvalue weighted by atomic mass is 10.2. The number of ether oxygens (including phenoxy) is 1. The Balaban J connectivity index is 2.09. The highest BCUT2D eigenvalue weighted by atomic mass is 16.5. The fourth-order valence-corrected chi connectivity index (χ4v) is 1.93. The molecule has 0 saturated carbocycles. The quantitative estimate of drug-likeness (QED) is 0.768. The van der Waals surface area contributed by atoms with Crippen molar-refractivity contribution >= 4 is 17.4 Å². The van der Waals surface area contributed by atoms with E-state index in [1.165, 1.54) is 6.20 Å². The number of carbonyl (C=O) groups excluding carboxylic acids is 1. The molecular formula is C18H21N3O2. The highest BCUT2D eigenvalue weighted by molar-refractivity contribution is 5.94. The van der Waals surface area contributed by atoms with Gasteiger partial charge in [-0.1, -0.05) is 18.2 Å². The number of nitrogens with one attached hydrogen (secondary N) is 2. The topological polar surface area (TPSA) is 63.2 Å². The van der Waals surface area contributed by atoms with E-state index in [9.17, 15) is 4.79 Å². The Bertz CT molecular complexity index is 666. The molecule has 0 aliphatic heterocycles. The SMILES string of the molecule is C=CCNC(=O)c1ccc(Nc2ccccc2OC(C)C)nc1. The van der Waals surface area contributed by atoms with E-state index in [4.69, 9.17) is 4.74 Å². The number of para-hydroxylation sites is 2. The summed E-state index contributed by atoms with van der Waals surface area (Å²) in [6, 6.07) is 11.1. The van der Waals surface area contributed by atoms with Gasteiger partial charge in [0, 0.05) is 12.7 Å². The maximum atomic E-state index is 11.8. The van der Waals surface area contributed by atoms with Crippen LogP contribution >= 0.6 is 0 Å². The Hall–Kier alpha value is -2.82. The van der Waals surface area contributed by atoms with Crippen LogP contribution in [0.2, 0.25) is 0 Å². The van der Waals surface area contributed by atoms with E-state index in [0.29, 0.717) is 17.9 Å². The zero-order valence-electron chi connectivity index (χ0n) is 13.4. The molecule has 0 spiro atoms. The molecule has 0 radical (unpaired) electrons. The number of anilines is 2. The standard InChI is InChI=1S/C18H21N3O2/c1-4-11-19-18(22)14-9-10-17(20-12-14)21-15-7-5-6-8-16(15)23-13(2)3/h4-10,12-13H,1,11H2,2-3H3,(H,19,22)(H,20,21). The first-order valence-electron chi connectivity index (χ1n) is 7.48. The maximum absolute atomic E-state index is 11.8. The van der Waals surface area contributed by atoms with Crippen molar-refractivity contribution in [1.82, 2.24) is 10.3 Å². The van der Waals surface area contributed by atoms with Crippen molar-refractivity contribution < 1.29 is 9.53 Å². The van der Waals surface area contributed by atoms with Crippen LogP contribution in [0.25, 0.3) is 0 Å². The van der Waals surface area contributed by atoms with Gasteiger partial charge in [-0.15, -0.1) is 6.58 Å². The summed E-state index contributed by atoms with van der Waals surface area (Å²) in [5.41, 5.74) is 1.33. The molecular weight excluding hydrogens is 290 g/mol. The first kappa shape index (κ1) is 16.5. The molecule has 5 nitrogen and oxygen atoms in total. The predicted octanol–water partition coefficient (Wildman–Crippen LogP) is 3.53. The summed E-state index contributed by atoms with van der Waals surface area (Å²) in [5.74, 6) is 1.23. The molecule has 0 fully saturated rings. The number of rotatable bonds is 7. The van der Waals surface area contributed by atoms with Gasteiger partial charge in [-0.3, -0.25) is 4.79 Å². The van der Waals surface area contributed by atoms with Crippen molar-refractivity contribution in [2.75, 3.05) is 11.9 Å². The summed E-state index contributed by atoms with van der Waals surface area (Å²) in [6.45, 7) is 7.95. The third-order valence-corrected chi connectivity index (χ3v) is 2.95. The molecule has 0 aliphatic rings. The van der Waals surface area contributed by atoms with Crippen LogP contribution in [-0.4, -0.2) is 23.5 Å². The van der Waals surface area contributed by atoms with E-state index >= 15 is 0 Å². The van der Waals surface area contributed by atoms with Crippen molar-refractivity contribution in [1.29, 1.82) is 0 Å².